The summed E-state index contributed by atoms with van der Waals surface area (Å²) in [5.41, 5.74) is 0.565. The third-order valence-corrected chi connectivity index (χ3v) is 5.26. The summed E-state index contributed by atoms with van der Waals surface area (Å²) in [5.74, 6) is 2.51. The monoisotopic (exact) mass is 260 g/mol. The van der Waals surface area contributed by atoms with E-state index < -0.39 is 0 Å². The van der Waals surface area contributed by atoms with Crippen molar-refractivity contribution in [2.45, 2.75) is 38.1 Å². The Labute approximate surface area is 112 Å². The van der Waals surface area contributed by atoms with Gasteiger partial charge in [-0.15, -0.1) is 5.10 Å². The van der Waals surface area contributed by atoms with Crippen LogP contribution >= 0.6 is 0 Å². The van der Waals surface area contributed by atoms with Gasteiger partial charge >= 0.3 is 0 Å². The molecule has 0 aromatic carbocycles. The largest absolute Gasteiger partial charge is 0.312 e. The molecule has 1 aromatic rings. The fourth-order valence-corrected chi connectivity index (χ4v) is 4.01. The molecule has 0 amide bonds. The first-order chi connectivity index (χ1) is 9.29. The number of nitrogens with zero attached hydrogens (tertiary/aromatic N) is 3. The molecule has 5 nitrogen and oxygen atoms in total. The first-order valence-corrected chi connectivity index (χ1v) is 7.45. The Balaban J connectivity index is 1.41. The fourth-order valence-electron chi connectivity index (χ4n) is 4.01. The molecule has 1 aromatic heterocycles. The van der Waals surface area contributed by atoms with Crippen LogP contribution in [0.4, 0.5) is 0 Å². The number of carbonyl (C=O) groups excluding carboxylic acids is 1. The van der Waals surface area contributed by atoms with Gasteiger partial charge in [-0.1, -0.05) is 11.6 Å². The van der Waals surface area contributed by atoms with Crippen molar-refractivity contribution in [1.29, 1.82) is 0 Å². The predicted octanol–water partition coefficient (Wildman–Crippen LogP) is 1.43. The highest BCUT2D eigenvalue weighted by atomic mass is 16.1. The molecule has 2 bridgehead atoms. The molecule has 2 saturated carbocycles. The molecule has 1 N–H and O–H groups in total. The van der Waals surface area contributed by atoms with E-state index in [4.69, 9.17) is 0 Å². The van der Waals surface area contributed by atoms with E-state index in [2.05, 4.69) is 15.6 Å². The van der Waals surface area contributed by atoms with Crippen LogP contribution in [0.3, 0.4) is 0 Å². The van der Waals surface area contributed by atoms with E-state index in [1.54, 1.807) is 0 Å². The van der Waals surface area contributed by atoms with E-state index in [1.165, 1.54) is 25.7 Å². The number of nitrogens with one attached hydrogen (secondary N) is 1. The van der Waals surface area contributed by atoms with Crippen molar-refractivity contribution in [3.05, 3.63) is 11.9 Å². The maximum atomic E-state index is 12.3. The summed E-state index contributed by atoms with van der Waals surface area (Å²) in [6.45, 7) is 1.87. The Morgan fingerprint density at radius 1 is 1.37 bits per heavy atom. The molecule has 2 heterocycles. The Kier molecular flexibility index (Phi) is 2.69. The minimum atomic E-state index is 0.191. The lowest BCUT2D eigenvalue weighted by molar-refractivity contribution is 0.0939. The van der Waals surface area contributed by atoms with Crippen LogP contribution in [0.1, 0.15) is 48.6 Å². The van der Waals surface area contributed by atoms with Crippen molar-refractivity contribution in [3.63, 3.8) is 0 Å². The normalized spacial score (nSPS) is 33.6. The molecule has 5 heteroatoms. The molecule has 102 valence electrons. The summed E-state index contributed by atoms with van der Waals surface area (Å²) >= 11 is 0. The van der Waals surface area contributed by atoms with Gasteiger partial charge in [0.2, 0.25) is 0 Å². The van der Waals surface area contributed by atoms with Gasteiger partial charge in [0.05, 0.1) is 12.2 Å². The van der Waals surface area contributed by atoms with Gasteiger partial charge in [0.1, 0.15) is 5.69 Å². The molecule has 0 spiro atoms. The standard InChI is InChI=1S/C14H20N4O/c19-14(5-11-4-9-1-2-10(11)3-9)13-8-18(17-16-13)12-6-15-7-12/h8-12,15H,1-7H2. The Morgan fingerprint density at radius 3 is 2.89 bits per heavy atom. The first kappa shape index (κ1) is 11.6. The Bertz CT molecular complexity index is 493. The van der Waals surface area contributed by atoms with Crippen molar-refractivity contribution in [2.24, 2.45) is 17.8 Å². The van der Waals surface area contributed by atoms with Crippen molar-refractivity contribution >= 4 is 5.78 Å². The predicted molar refractivity (Wildman–Crippen MR) is 69.8 cm³/mol. The lowest BCUT2D eigenvalue weighted by atomic mass is 9.85. The van der Waals surface area contributed by atoms with E-state index in [1.807, 2.05) is 10.9 Å². The summed E-state index contributed by atoms with van der Waals surface area (Å²) in [5, 5.41) is 11.3. The topological polar surface area (TPSA) is 59.8 Å². The number of ketones is 1. The zero-order chi connectivity index (χ0) is 12.8. The number of Topliss-reactive ketones (excluding diaryl/α,β-unsaturated/α-hetero) is 1. The molecule has 1 aliphatic heterocycles. The molecule has 0 radical (unpaired) electrons. The maximum Gasteiger partial charge on any atom is 0.185 e. The van der Waals surface area contributed by atoms with Crippen LogP contribution in [0.15, 0.2) is 6.20 Å². The minimum Gasteiger partial charge on any atom is -0.312 e. The van der Waals surface area contributed by atoms with Crippen molar-refractivity contribution in [1.82, 2.24) is 20.3 Å². The van der Waals surface area contributed by atoms with Gasteiger partial charge < -0.3 is 5.32 Å². The van der Waals surface area contributed by atoms with E-state index in [9.17, 15) is 4.79 Å². The molecule has 1 saturated heterocycles. The number of carbonyl (C=O) groups is 1. The van der Waals surface area contributed by atoms with Crippen LogP contribution in [0.5, 0.6) is 0 Å². The second kappa shape index (κ2) is 4.40. The summed E-state index contributed by atoms with van der Waals surface area (Å²) in [6.07, 6.45) is 7.86. The van der Waals surface area contributed by atoms with Gasteiger partial charge in [0.25, 0.3) is 0 Å². The van der Waals surface area contributed by atoms with Gasteiger partial charge in [-0.3, -0.25) is 4.79 Å². The molecule has 3 fully saturated rings. The second-order valence-electron chi connectivity index (χ2n) is 6.46. The lowest BCUT2D eigenvalue weighted by Gasteiger charge is -2.26. The van der Waals surface area contributed by atoms with E-state index in [0.29, 0.717) is 24.1 Å². The summed E-state index contributed by atoms with van der Waals surface area (Å²) < 4.78 is 1.84. The van der Waals surface area contributed by atoms with Crippen LogP contribution in [0.25, 0.3) is 0 Å². The molecular weight excluding hydrogens is 240 g/mol. The van der Waals surface area contributed by atoms with Gasteiger partial charge in [-0.25, -0.2) is 4.68 Å². The van der Waals surface area contributed by atoms with Gasteiger partial charge in [0.15, 0.2) is 5.78 Å². The SMILES string of the molecule is O=C(CC1CC2CCC1C2)c1cn(C2CNC2)nn1. The number of aromatic nitrogens is 3. The fraction of sp³-hybridized carbons (Fsp3) is 0.786. The van der Waals surface area contributed by atoms with Crippen LogP contribution in [0, 0.1) is 17.8 Å². The zero-order valence-electron chi connectivity index (χ0n) is 11.1. The molecular formula is C14H20N4O. The molecule has 19 heavy (non-hydrogen) atoms. The third-order valence-electron chi connectivity index (χ3n) is 5.26. The van der Waals surface area contributed by atoms with Crippen molar-refractivity contribution < 1.29 is 4.79 Å². The number of rotatable bonds is 4. The summed E-state index contributed by atoms with van der Waals surface area (Å²) in [4.78, 5) is 12.3. The maximum absolute atomic E-state index is 12.3. The van der Waals surface area contributed by atoms with Gasteiger partial charge in [0, 0.05) is 19.5 Å². The highest BCUT2D eigenvalue weighted by molar-refractivity contribution is 5.94. The van der Waals surface area contributed by atoms with E-state index in [-0.39, 0.29) is 5.78 Å². The third kappa shape index (κ3) is 2.00. The van der Waals surface area contributed by atoms with E-state index >= 15 is 0 Å². The van der Waals surface area contributed by atoms with Crippen LogP contribution < -0.4 is 5.32 Å². The van der Waals surface area contributed by atoms with Gasteiger partial charge in [-0.05, 0) is 37.0 Å². The average Bonchev–Trinajstić information content (AvgIpc) is 3.01. The number of hydrogen-bond acceptors (Lipinski definition) is 4. The molecule has 3 aliphatic rings. The highest BCUT2D eigenvalue weighted by Crippen LogP contribution is 2.49. The number of hydrogen-bond donors (Lipinski definition) is 1. The van der Waals surface area contributed by atoms with Crippen LogP contribution in [-0.4, -0.2) is 33.9 Å². The Morgan fingerprint density at radius 2 is 2.26 bits per heavy atom. The van der Waals surface area contributed by atoms with E-state index in [0.717, 1.165) is 24.9 Å². The second-order valence-corrected chi connectivity index (χ2v) is 6.46. The Hall–Kier alpha value is -1.23. The quantitative estimate of drug-likeness (QED) is 0.832. The lowest BCUT2D eigenvalue weighted by Crippen LogP contribution is -2.43. The van der Waals surface area contributed by atoms with Crippen LogP contribution in [-0.2, 0) is 0 Å². The van der Waals surface area contributed by atoms with Crippen molar-refractivity contribution in [3.8, 4) is 0 Å². The first-order valence-electron chi connectivity index (χ1n) is 7.45. The molecule has 2 aliphatic carbocycles. The average molecular weight is 260 g/mol. The molecule has 4 rings (SSSR count). The molecule has 3 atom stereocenters. The molecule has 3 unspecified atom stereocenters. The van der Waals surface area contributed by atoms with Crippen molar-refractivity contribution in [2.75, 3.05) is 13.1 Å². The smallest absolute Gasteiger partial charge is 0.185 e. The minimum absolute atomic E-state index is 0.191. The van der Waals surface area contributed by atoms with Gasteiger partial charge in [-0.2, -0.15) is 0 Å². The van der Waals surface area contributed by atoms with Crippen LogP contribution in [0.2, 0.25) is 0 Å². The zero-order valence-corrected chi connectivity index (χ0v) is 11.1. The number of fused-ring (bicyclic) bond motifs is 2. The highest BCUT2D eigenvalue weighted by Gasteiger charge is 2.40. The summed E-state index contributed by atoms with van der Waals surface area (Å²) in [7, 11) is 0. The summed E-state index contributed by atoms with van der Waals surface area (Å²) in [6, 6.07) is 0.386.